The zero-order valence-electron chi connectivity index (χ0n) is 14.6. The first kappa shape index (κ1) is 20.3. The number of benzene rings is 1. The molecule has 1 amide bonds. The van der Waals surface area contributed by atoms with Gasteiger partial charge in [-0.25, -0.2) is 4.79 Å². The highest BCUT2D eigenvalue weighted by atomic mass is 32.2. The summed E-state index contributed by atoms with van der Waals surface area (Å²) in [5, 5.41) is 21.6. The number of carboxylic acid groups (broad SMARTS) is 2. The molecule has 0 aromatic heterocycles. The highest BCUT2D eigenvalue weighted by Gasteiger charge is 2.35. The number of carbonyl (C=O) groups is 3. The van der Waals surface area contributed by atoms with Crippen molar-refractivity contribution in [1.82, 2.24) is 10.2 Å². The second-order valence-electron chi connectivity index (χ2n) is 6.26. The van der Waals surface area contributed by atoms with Crippen LogP contribution in [-0.2, 0) is 20.8 Å². The zero-order chi connectivity index (χ0) is 19.1. The minimum atomic E-state index is -1.03. The predicted octanol–water partition coefficient (Wildman–Crippen LogP) is 1.08. The van der Waals surface area contributed by atoms with E-state index in [-0.39, 0.29) is 5.91 Å². The minimum absolute atomic E-state index is 0.342. The second kappa shape index (κ2) is 9.59. The highest BCUT2D eigenvalue weighted by Crippen LogP contribution is 2.18. The van der Waals surface area contributed by atoms with Crippen LogP contribution >= 0.6 is 11.8 Å². The van der Waals surface area contributed by atoms with Gasteiger partial charge in [-0.2, -0.15) is 11.8 Å². The lowest BCUT2D eigenvalue weighted by Gasteiger charge is -2.35. The molecule has 7 nitrogen and oxygen atoms in total. The number of hydrogen-bond acceptors (Lipinski definition) is 5. The Morgan fingerprint density at radius 1 is 1.27 bits per heavy atom. The van der Waals surface area contributed by atoms with Gasteiger partial charge < -0.3 is 15.1 Å². The van der Waals surface area contributed by atoms with Gasteiger partial charge in [0.1, 0.15) is 12.1 Å². The van der Waals surface area contributed by atoms with E-state index in [1.807, 2.05) is 30.3 Å². The van der Waals surface area contributed by atoms with Crippen LogP contribution in [-0.4, -0.2) is 69.1 Å². The van der Waals surface area contributed by atoms with Gasteiger partial charge in [-0.05, 0) is 25.3 Å². The van der Waals surface area contributed by atoms with Crippen LogP contribution in [0.25, 0.3) is 0 Å². The fraction of sp³-hybridized carbons (Fsp3) is 0.500. The Labute approximate surface area is 156 Å². The van der Waals surface area contributed by atoms with Gasteiger partial charge in [-0.1, -0.05) is 30.3 Å². The van der Waals surface area contributed by atoms with E-state index in [1.54, 1.807) is 6.92 Å². The lowest BCUT2D eigenvalue weighted by Crippen LogP contribution is -2.57. The molecule has 0 bridgehead atoms. The van der Waals surface area contributed by atoms with E-state index in [4.69, 9.17) is 0 Å². The van der Waals surface area contributed by atoms with Gasteiger partial charge in [0, 0.05) is 18.1 Å². The Hall–Kier alpha value is -2.06. The van der Waals surface area contributed by atoms with E-state index in [2.05, 4.69) is 5.32 Å². The Balaban J connectivity index is 1.97. The number of aliphatic carboxylic acids is 2. The van der Waals surface area contributed by atoms with Gasteiger partial charge in [0.25, 0.3) is 0 Å². The van der Waals surface area contributed by atoms with Crippen LogP contribution in [0.15, 0.2) is 30.3 Å². The molecule has 0 saturated carbocycles. The topological polar surface area (TPSA) is 107 Å². The molecule has 3 atom stereocenters. The number of rotatable bonds is 8. The van der Waals surface area contributed by atoms with Gasteiger partial charge in [0.2, 0.25) is 5.91 Å². The molecule has 2 rings (SSSR count). The van der Waals surface area contributed by atoms with Crippen LogP contribution in [0, 0.1) is 0 Å². The molecule has 0 spiro atoms. The monoisotopic (exact) mass is 380 g/mol. The number of aryl methyl sites for hydroxylation is 1. The highest BCUT2D eigenvalue weighted by molar-refractivity contribution is 7.99. The van der Waals surface area contributed by atoms with Gasteiger partial charge in [-0.3, -0.25) is 14.9 Å². The third-order valence-corrected chi connectivity index (χ3v) is 5.40. The van der Waals surface area contributed by atoms with E-state index in [1.165, 1.54) is 16.7 Å². The zero-order valence-corrected chi connectivity index (χ0v) is 15.4. The molecule has 1 aliphatic rings. The van der Waals surface area contributed by atoms with Crippen LogP contribution < -0.4 is 5.32 Å². The summed E-state index contributed by atoms with van der Waals surface area (Å²) in [6, 6.07) is 7.03. The van der Waals surface area contributed by atoms with E-state index in [0.29, 0.717) is 30.9 Å². The molecule has 1 fully saturated rings. The number of thioether (sulfide) groups is 1. The summed E-state index contributed by atoms with van der Waals surface area (Å²) >= 11 is 1.50. The van der Waals surface area contributed by atoms with Gasteiger partial charge in [-0.15, -0.1) is 0 Å². The predicted molar refractivity (Wildman–Crippen MR) is 99.2 cm³/mol. The Morgan fingerprint density at radius 2 is 1.96 bits per heavy atom. The molecule has 0 aliphatic carbocycles. The SMILES string of the molecule is C[C@H](NC(CCc1ccccc1)C(=O)O)C(=O)N1CCSCC1C(=O)O. The van der Waals surface area contributed by atoms with E-state index < -0.39 is 30.1 Å². The summed E-state index contributed by atoms with van der Waals surface area (Å²) in [6.07, 6.45) is 0.916. The van der Waals surface area contributed by atoms with E-state index >= 15 is 0 Å². The molecule has 1 aromatic carbocycles. The lowest BCUT2D eigenvalue weighted by atomic mass is 10.0. The number of hydrogen-bond donors (Lipinski definition) is 3. The molecule has 0 radical (unpaired) electrons. The second-order valence-corrected chi connectivity index (χ2v) is 7.41. The average Bonchev–Trinajstić information content (AvgIpc) is 2.64. The smallest absolute Gasteiger partial charge is 0.327 e. The number of amides is 1. The first-order chi connectivity index (χ1) is 12.4. The molecule has 3 N–H and O–H groups in total. The molecule has 8 heteroatoms. The molecule has 1 aliphatic heterocycles. The third kappa shape index (κ3) is 5.47. The van der Waals surface area contributed by atoms with Crippen molar-refractivity contribution in [1.29, 1.82) is 0 Å². The number of nitrogens with zero attached hydrogens (tertiary/aromatic N) is 1. The molecular formula is C18H24N2O5S. The molecule has 142 valence electrons. The summed E-state index contributed by atoms with van der Waals surface area (Å²) in [5.41, 5.74) is 1.03. The standard InChI is InChI=1S/C18H24N2O5S/c1-12(16(21)20-9-10-26-11-15(20)18(24)25)19-14(17(22)23)8-7-13-5-3-2-4-6-13/h2-6,12,14-15,19H,7-11H2,1H3,(H,22,23)(H,24,25)/t12-,14?,15?/m0/s1. The van der Waals surface area contributed by atoms with Crippen LogP contribution in [0.1, 0.15) is 18.9 Å². The average molecular weight is 380 g/mol. The third-order valence-electron chi connectivity index (χ3n) is 4.38. The Kier molecular flexibility index (Phi) is 7.47. The first-order valence-electron chi connectivity index (χ1n) is 8.54. The van der Waals surface area contributed by atoms with Gasteiger partial charge >= 0.3 is 11.9 Å². The summed E-state index contributed by atoms with van der Waals surface area (Å²) < 4.78 is 0. The Bertz CT molecular complexity index is 640. The summed E-state index contributed by atoms with van der Waals surface area (Å²) in [6.45, 7) is 1.94. The molecule has 26 heavy (non-hydrogen) atoms. The van der Waals surface area contributed by atoms with Crippen molar-refractivity contribution < 1.29 is 24.6 Å². The fourth-order valence-electron chi connectivity index (χ4n) is 2.93. The Morgan fingerprint density at radius 3 is 2.58 bits per heavy atom. The van der Waals surface area contributed by atoms with E-state index in [0.717, 1.165) is 5.56 Å². The van der Waals surface area contributed by atoms with Crippen molar-refractivity contribution in [3.63, 3.8) is 0 Å². The van der Waals surface area contributed by atoms with Gasteiger partial charge in [0.15, 0.2) is 0 Å². The molecule has 1 aromatic rings. The van der Waals surface area contributed by atoms with Crippen molar-refractivity contribution in [2.45, 2.75) is 37.9 Å². The first-order valence-corrected chi connectivity index (χ1v) is 9.69. The number of nitrogens with one attached hydrogen (secondary N) is 1. The van der Waals surface area contributed by atoms with E-state index in [9.17, 15) is 24.6 Å². The normalized spacial score (nSPS) is 19.6. The van der Waals surface area contributed by atoms with Crippen LogP contribution in [0.2, 0.25) is 0 Å². The summed E-state index contributed by atoms with van der Waals surface area (Å²) in [5.74, 6) is -1.40. The summed E-state index contributed by atoms with van der Waals surface area (Å²) in [4.78, 5) is 36.9. The van der Waals surface area contributed by atoms with Crippen molar-refractivity contribution in [2.24, 2.45) is 0 Å². The van der Waals surface area contributed by atoms with Gasteiger partial charge in [0.05, 0.1) is 6.04 Å². The quantitative estimate of drug-likeness (QED) is 0.619. The van der Waals surface area contributed by atoms with Crippen molar-refractivity contribution in [3.05, 3.63) is 35.9 Å². The van der Waals surface area contributed by atoms with Crippen molar-refractivity contribution >= 4 is 29.6 Å². The lowest BCUT2D eigenvalue weighted by molar-refractivity contribution is -0.150. The maximum absolute atomic E-state index is 12.6. The number of carboxylic acids is 2. The fourth-order valence-corrected chi connectivity index (χ4v) is 3.97. The largest absolute Gasteiger partial charge is 0.480 e. The summed E-state index contributed by atoms with van der Waals surface area (Å²) in [7, 11) is 0. The molecule has 1 saturated heterocycles. The minimum Gasteiger partial charge on any atom is -0.480 e. The van der Waals surface area contributed by atoms with Crippen LogP contribution in [0.5, 0.6) is 0 Å². The number of carbonyl (C=O) groups excluding carboxylic acids is 1. The molecular weight excluding hydrogens is 356 g/mol. The van der Waals surface area contributed by atoms with Crippen LogP contribution in [0.4, 0.5) is 0 Å². The van der Waals surface area contributed by atoms with Crippen LogP contribution in [0.3, 0.4) is 0 Å². The van der Waals surface area contributed by atoms with Crippen molar-refractivity contribution in [2.75, 3.05) is 18.1 Å². The molecule has 1 heterocycles. The maximum atomic E-state index is 12.6. The van der Waals surface area contributed by atoms with Crippen molar-refractivity contribution in [3.8, 4) is 0 Å². The molecule has 2 unspecified atom stereocenters. The maximum Gasteiger partial charge on any atom is 0.327 e.